The van der Waals surface area contributed by atoms with E-state index < -0.39 is 0 Å². The summed E-state index contributed by atoms with van der Waals surface area (Å²) in [6.07, 6.45) is 9.38. The molecular formula is C20H36O2. The SMILES string of the molecule is CC(CCO)CC[C@@]1(C)[C@H](C)CC[C@]2(C)[C@@H]1CC[C@H]1O[C@]12C. The molecule has 3 aliphatic rings. The van der Waals surface area contributed by atoms with Crippen molar-refractivity contribution in [3.05, 3.63) is 0 Å². The fraction of sp³-hybridized carbons (Fsp3) is 1.00. The van der Waals surface area contributed by atoms with Crippen molar-refractivity contribution in [1.29, 1.82) is 0 Å². The van der Waals surface area contributed by atoms with Gasteiger partial charge in [0, 0.05) is 12.0 Å². The van der Waals surface area contributed by atoms with Crippen LogP contribution in [0.2, 0.25) is 0 Å². The molecule has 3 fully saturated rings. The molecule has 3 rings (SSSR count). The molecule has 7 atom stereocenters. The summed E-state index contributed by atoms with van der Waals surface area (Å²) in [6.45, 7) is 12.6. The summed E-state index contributed by atoms with van der Waals surface area (Å²) in [5.41, 5.74) is 0.974. The number of fused-ring (bicyclic) bond motifs is 3. The van der Waals surface area contributed by atoms with Gasteiger partial charge in [0.25, 0.3) is 0 Å². The highest BCUT2D eigenvalue weighted by molar-refractivity contribution is 5.19. The highest BCUT2D eigenvalue weighted by atomic mass is 16.6. The minimum atomic E-state index is 0.161. The van der Waals surface area contributed by atoms with Crippen LogP contribution in [0.4, 0.5) is 0 Å². The van der Waals surface area contributed by atoms with Gasteiger partial charge in [-0.3, -0.25) is 0 Å². The molecule has 1 N–H and O–H groups in total. The lowest BCUT2D eigenvalue weighted by Gasteiger charge is -2.59. The molecule has 0 bridgehead atoms. The van der Waals surface area contributed by atoms with Gasteiger partial charge in [0.05, 0.1) is 11.7 Å². The lowest BCUT2D eigenvalue weighted by Crippen LogP contribution is -2.56. The minimum absolute atomic E-state index is 0.161. The maximum atomic E-state index is 9.18. The van der Waals surface area contributed by atoms with Crippen LogP contribution in [0.25, 0.3) is 0 Å². The van der Waals surface area contributed by atoms with Crippen LogP contribution in [-0.2, 0) is 4.74 Å². The highest BCUT2D eigenvalue weighted by Crippen LogP contribution is 2.70. The standard InChI is InChI=1S/C20H36O2/c1-14(10-13-21)8-11-18(3)15(2)9-12-19(4)16(18)6-7-17-20(19,5)22-17/h14-17,21H,6-13H2,1-5H3/t14?,15-,16-,17-,18+,19-,20-/m1/s1. The molecule has 0 amide bonds. The first-order chi connectivity index (χ1) is 10.3. The van der Waals surface area contributed by atoms with Crippen molar-refractivity contribution in [2.24, 2.45) is 28.6 Å². The molecule has 0 aromatic carbocycles. The zero-order valence-electron chi connectivity index (χ0n) is 15.3. The molecule has 2 heteroatoms. The molecule has 0 aromatic heterocycles. The van der Waals surface area contributed by atoms with Crippen molar-refractivity contribution < 1.29 is 9.84 Å². The Balaban J connectivity index is 1.79. The van der Waals surface area contributed by atoms with Gasteiger partial charge in [-0.15, -0.1) is 0 Å². The zero-order chi connectivity index (χ0) is 16.2. The fourth-order valence-corrected chi connectivity index (χ4v) is 6.09. The average molecular weight is 309 g/mol. The van der Waals surface area contributed by atoms with E-state index in [1.165, 1.54) is 38.5 Å². The molecular weight excluding hydrogens is 272 g/mol. The van der Waals surface area contributed by atoms with Gasteiger partial charge in [-0.25, -0.2) is 0 Å². The van der Waals surface area contributed by atoms with E-state index in [1.54, 1.807) is 0 Å². The highest BCUT2D eigenvalue weighted by Gasteiger charge is 2.71. The second-order valence-electron chi connectivity index (χ2n) is 9.36. The number of rotatable bonds is 5. The van der Waals surface area contributed by atoms with Gasteiger partial charge in [0.2, 0.25) is 0 Å². The van der Waals surface area contributed by atoms with Crippen molar-refractivity contribution in [2.45, 2.75) is 91.3 Å². The van der Waals surface area contributed by atoms with Gasteiger partial charge in [-0.2, -0.15) is 0 Å². The Bertz CT molecular complexity index is 422. The predicted molar refractivity (Wildman–Crippen MR) is 90.7 cm³/mol. The lowest BCUT2D eigenvalue weighted by molar-refractivity contribution is -0.104. The van der Waals surface area contributed by atoms with Gasteiger partial charge < -0.3 is 9.84 Å². The number of epoxide rings is 1. The van der Waals surface area contributed by atoms with E-state index in [2.05, 4.69) is 34.6 Å². The van der Waals surface area contributed by atoms with Crippen LogP contribution in [-0.4, -0.2) is 23.4 Å². The smallest absolute Gasteiger partial charge is 0.0976 e. The molecule has 2 aliphatic carbocycles. The third-order valence-corrected chi connectivity index (χ3v) is 8.38. The zero-order valence-corrected chi connectivity index (χ0v) is 15.3. The van der Waals surface area contributed by atoms with Crippen LogP contribution in [0.5, 0.6) is 0 Å². The normalized spacial score (nSPS) is 51.8. The number of aliphatic hydroxyl groups is 1. The van der Waals surface area contributed by atoms with Crippen LogP contribution >= 0.6 is 0 Å². The van der Waals surface area contributed by atoms with Crippen molar-refractivity contribution >= 4 is 0 Å². The lowest BCUT2D eigenvalue weighted by atomic mass is 9.44. The maximum absolute atomic E-state index is 9.18. The van der Waals surface area contributed by atoms with Gasteiger partial charge >= 0.3 is 0 Å². The Kier molecular flexibility index (Phi) is 4.18. The maximum Gasteiger partial charge on any atom is 0.0976 e. The Labute approximate surface area is 137 Å². The van der Waals surface area contributed by atoms with Crippen LogP contribution in [0, 0.1) is 28.6 Å². The van der Waals surface area contributed by atoms with Crippen LogP contribution in [0.1, 0.15) is 79.6 Å². The summed E-state index contributed by atoms with van der Waals surface area (Å²) in [6, 6.07) is 0. The summed E-state index contributed by atoms with van der Waals surface area (Å²) in [7, 11) is 0. The van der Waals surface area contributed by atoms with Gasteiger partial charge in [0.15, 0.2) is 0 Å². The number of aliphatic hydroxyl groups excluding tert-OH is 1. The molecule has 1 aliphatic heterocycles. The van der Waals surface area contributed by atoms with E-state index in [4.69, 9.17) is 4.74 Å². The molecule has 22 heavy (non-hydrogen) atoms. The van der Waals surface area contributed by atoms with E-state index in [9.17, 15) is 5.11 Å². The second-order valence-corrected chi connectivity index (χ2v) is 9.36. The first kappa shape index (κ1) is 16.8. The molecule has 128 valence electrons. The van der Waals surface area contributed by atoms with Crippen LogP contribution in [0.15, 0.2) is 0 Å². The van der Waals surface area contributed by atoms with E-state index in [0.29, 0.717) is 29.5 Å². The van der Waals surface area contributed by atoms with Crippen molar-refractivity contribution in [3.63, 3.8) is 0 Å². The molecule has 1 saturated heterocycles. The van der Waals surface area contributed by atoms with Gasteiger partial charge in [-0.1, -0.05) is 34.1 Å². The van der Waals surface area contributed by atoms with E-state index in [0.717, 1.165) is 18.3 Å². The summed E-state index contributed by atoms with van der Waals surface area (Å²) in [5.74, 6) is 2.26. The predicted octanol–water partition coefficient (Wildman–Crippen LogP) is 4.80. The van der Waals surface area contributed by atoms with Crippen molar-refractivity contribution in [1.82, 2.24) is 0 Å². The second kappa shape index (κ2) is 5.48. The summed E-state index contributed by atoms with van der Waals surface area (Å²) in [4.78, 5) is 0. The van der Waals surface area contributed by atoms with Crippen molar-refractivity contribution in [2.75, 3.05) is 6.61 Å². The molecule has 2 nitrogen and oxygen atoms in total. The third kappa shape index (κ3) is 2.28. The van der Waals surface area contributed by atoms with Crippen LogP contribution in [0.3, 0.4) is 0 Å². The van der Waals surface area contributed by atoms with E-state index in [1.807, 2.05) is 0 Å². The quantitative estimate of drug-likeness (QED) is 0.740. The Morgan fingerprint density at radius 2 is 1.86 bits per heavy atom. The topological polar surface area (TPSA) is 32.8 Å². The molecule has 0 aromatic rings. The largest absolute Gasteiger partial charge is 0.396 e. The van der Waals surface area contributed by atoms with E-state index >= 15 is 0 Å². The third-order valence-electron chi connectivity index (χ3n) is 8.38. The number of hydrogen-bond acceptors (Lipinski definition) is 2. The van der Waals surface area contributed by atoms with Gasteiger partial charge in [-0.05, 0) is 68.6 Å². The molecule has 0 radical (unpaired) electrons. The molecule has 0 spiro atoms. The fourth-order valence-electron chi connectivity index (χ4n) is 6.09. The summed E-state index contributed by atoms with van der Waals surface area (Å²) < 4.78 is 6.20. The summed E-state index contributed by atoms with van der Waals surface area (Å²) in [5, 5.41) is 9.18. The molecule has 1 heterocycles. The van der Waals surface area contributed by atoms with Crippen molar-refractivity contribution in [3.8, 4) is 0 Å². The monoisotopic (exact) mass is 308 g/mol. The van der Waals surface area contributed by atoms with E-state index in [-0.39, 0.29) is 5.60 Å². The van der Waals surface area contributed by atoms with Gasteiger partial charge in [0.1, 0.15) is 0 Å². The molecule has 2 saturated carbocycles. The first-order valence-electron chi connectivity index (χ1n) is 9.56. The van der Waals surface area contributed by atoms with Crippen LogP contribution < -0.4 is 0 Å². The minimum Gasteiger partial charge on any atom is -0.396 e. The Morgan fingerprint density at radius 3 is 2.55 bits per heavy atom. The molecule has 1 unspecified atom stereocenters. The Morgan fingerprint density at radius 1 is 1.14 bits per heavy atom. The number of hydrogen-bond donors (Lipinski definition) is 1. The summed E-state index contributed by atoms with van der Waals surface area (Å²) >= 11 is 0. The first-order valence-corrected chi connectivity index (χ1v) is 9.56. The Hall–Kier alpha value is -0.0800. The number of ether oxygens (including phenoxy) is 1. The average Bonchev–Trinajstić information content (AvgIpc) is 3.15.